The molecule has 0 aliphatic carbocycles. The van der Waals surface area contributed by atoms with Gasteiger partial charge in [0, 0.05) is 66.3 Å². The summed E-state index contributed by atoms with van der Waals surface area (Å²) in [7, 11) is 8.24. The first-order valence-electron chi connectivity index (χ1n) is 18.9. The monoisotopic (exact) mass is 895 g/mol. The molecule has 0 aliphatic rings. The molecule has 0 heterocycles. The number of hydrogen-bond donors (Lipinski definition) is 5. The van der Waals surface area contributed by atoms with Crippen LogP contribution < -0.4 is 27.1 Å². The molecule has 0 fully saturated rings. The summed E-state index contributed by atoms with van der Waals surface area (Å²) in [5.41, 5.74) is 16.4. The molecule has 0 aromatic heterocycles. The lowest BCUT2D eigenvalue weighted by Gasteiger charge is -1.97. The number of aliphatic imine (C=N–C) groups is 5. The van der Waals surface area contributed by atoms with Gasteiger partial charge in [0.05, 0.1) is 59.5 Å². The van der Waals surface area contributed by atoms with Crippen molar-refractivity contribution in [3.8, 4) is 0 Å². The summed E-state index contributed by atoms with van der Waals surface area (Å²) in [6.45, 7) is 0. The molecule has 5 aromatic carbocycles. The van der Waals surface area contributed by atoms with Crippen molar-refractivity contribution in [3.05, 3.63) is 150 Å². The molecular formula is C45H50F5N15. The van der Waals surface area contributed by atoms with Gasteiger partial charge < -0.3 is 0 Å². The zero-order valence-electron chi connectivity index (χ0n) is 36.2. The van der Waals surface area contributed by atoms with Gasteiger partial charge in [-0.2, -0.15) is 25.5 Å². The van der Waals surface area contributed by atoms with E-state index in [9.17, 15) is 22.0 Å². The fourth-order valence-electron chi connectivity index (χ4n) is 3.85. The predicted molar refractivity (Wildman–Crippen MR) is 265 cm³/mol. The van der Waals surface area contributed by atoms with Crippen molar-refractivity contribution < 1.29 is 22.0 Å². The average Bonchev–Trinajstić information content (AvgIpc) is 3.30. The second-order valence-corrected chi connectivity index (χ2v) is 11.5. The van der Waals surface area contributed by atoms with Crippen LogP contribution in [0.4, 0.5) is 50.4 Å². The third-order valence-electron chi connectivity index (χ3n) is 6.54. The van der Waals surface area contributed by atoms with E-state index in [4.69, 9.17) is 0 Å². The minimum absolute atomic E-state index is 0.288. The Morgan fingerprint density at radius 1 is 0.277 bits per heavy atom. The molecule has 5 rings (SSSR count). The van der Waals surface area contributed by atoms with Crippen LogP contribution >= 0.6 is 0 Å². The van der Waals surface area contributed by atoms with E-state index in [1.807, 2.05) is 0 Å². The van der Waals surface area contributed by atoms with Crippen LogP contribution in [0.5, 0.6) is 0 Å². The van der Waals surface area contributed by atoms with E-state index in [0.717, 1.165) is 0 Å². The van der Waals surface area contributed by atoms with Crippen molar-refractivity contribution in [3.63, 3.8) is 0 Å². The van der Waals surface area contributed by atoms with Crippen LogP contribution in [-0.4, -0.2) is 97.4 Å². The number of halogens is 5. The lowest BCUT2D eigenvalue weighted by Crippen LogP contribution is -1.90. The highest BCUT2D eigenvalue weighted by molar-refractivity contribution is 6.17. The Kier molecular flexibility index (Phi) is 31.2. The normalized spacial score (nSPS) is 11.2. The van der Waals surface area contributed by atoms with Gasteiger partial charge in [-0.1, -0.05) is 30.3 Å². The van der Waals surface area contributed by atoms with Crippen molar-refractivity contribution in [2.24, 2.45) is 50.5 Å². The van der Waals surface area contributed by atoms with Crippen LogP contribution in [0.15, 0.2) is 172 Å². The largest absolute Gasteiger partial charge is 0.295 e. The molecule has 20 heteroatoms. The average molecular weight is 896 g/mol. The molecule has 5 aromatic rings. The van der Waals surface area contributed by atoms with E-state index in [1.165, 1.54) is 123 Å². The molecule has 0 unspecified atom stereocenters. The quantitative estimate of drug-likeness (QED) is 0.0398. The molecule has 0 aliphatic heterocycles. The van der Waals surface area contributed by atoms with Crippen LogP contribution in [0.1, 0.15) is 0 Å². The molecule has 0 atom stereocenters. The van der Waals surface area contributed by atoms with Gasteiger partial charge >= 0.3 is 0 Å². The van der Waals surface area contributed by atoms with Gasteiger partial charge in [-0.15, -0.1) is 0 Å². The zero-order chi connectivity index (χ0) is 47.6. The molecule has 0 saturated heterocycles. The van der Waals surface area contributed by atoms with Crippen molar-refractivity contribution >= 4 is 90.6 Å². The van der Waals surface area contributed by atoms with E-state index < -0.39 is 0 Å². The van der Waals surface area contributed by atoms with Gasteiger partial charge in [-0.25, -0.2) is 22.0 Å². The molecule has 5 N–H and O–H groups in total. The number of nitrogens with one attached hydrogen (secondary N) is 5. The topological polar surface area (TPSA) is 184 Å². The van der Waals surface area contributed by atoms with Crippen molar-refractivity contribution in [1.29, 1.82) is 0 Å². The van der Waals surface area contributed by atoms with Crippen LogP contribution in [-0.2, 0) is 0 Å². The van der Waals surface area contributed by atoms with Crippen molar-refractivity contribution in [2.45, 2.75) is 0 Å². The SMILES string of the molecule is CN=C/C=N/Nc1cccc(F)c1.CN=C/C=N/Nc1cccc(F)c1.CN=C/C=N/Nc1cccc(F)c1.CN=C/C=N/Nc1cccc(F)c1.CN=C/C=N/Nc1cccc(F)c1. The lowest BCUT2D eigenvalue weighted by atomic mass is 10.3. The summed E-state index contributed by atoms with van der Waals surface area (Å²) >= 11 is 0. The maximum atomic E-state index is 12.6. The van der Waals surface area contributed by atoms with Gasteiger partial charge in [-0.3, -0.25) is 52.1 Å². The smallest absolute Gasteiger partial charge is 0.125 e. The number of benzene rings is 5. The Morgan fingerprint density at radius 3 is 0.585 bits per heavy atom. The van der Waals surface area contributed by atoms with E-state index in [1.54, 1.807) is 95.9 Å². The Bertz CT molecular complexity index is 1980. The van der Waals surface area contributed by atoms with E-state index >= 15 is 0 Å². The molecule has 65 heavy (non-hydrogen) atoms. The highest BCUT2D eigenvalue weighted by Crippen LogP contribution is 2.11. The van der Waals surface area contributed by atoms with Crippen LogP contribution in [0, 0.1) is 29.1 Å². The van der Waals surface area contributed by atoms with Gasteiger partial charge in [-0.05, 0) is 91.0 Å². The maximum absolute atomic E-state index is 12.6. The molecule has 0 bridgehead atoms. The third kappa shape index (κ3) is 31.0. The second-order valence-electron chi connectivity index (χ2n) is 11.5. The first-order chi connectivity index (χ1) is 31.6. The summed E-state index contributed by atoms with van der Waals surface area (Å²) in [4.78, 5) is 18.5. The van der Waals surface area contributed by atoms with E-state index in [-0.39, 0.29) is 29.1 Å². The van der Waals surface area contributed by atoms with Crippen molar-refractivity contribution in [2.75, 3.05) is 62.4 Å². The molecule has 0 spiro atoms. The van der Waals surface area contributed by atoms with Crippen LogP contribution in [0.2, 0.25) is 0 Å². The number of hydrogen-bond acceptors (Lipinski definition) is 15. The molecule has 0 amide bonds. The van der Waals surface area contributed by atoms with Crippen molar-refractivity contribution in [1.82, 2.24) is 0 Å². The summed E-state index contributed by atoms with van der Waals surface area (Å²) < 4.78 is 63.1. The third-order valence-corrected chi connectivity index (χ3v) is 6.54. The zero-order valence-corrected chi connectivity index (χ0v) is 36.2. The number of rotatable bonds is 15. The minimum Gasteiger partial charge on any atom is -0.295 e. The fourth-order valence-corrected chi connectivity index (χ4v) is 3.85. The number of anilines is 5. The minimum atomic E-state index is -0.288. The first kappa shape index (κ1) is 54.5. The van der Waals surface area contributed by atoms with Gasteiger partial charge in [0.1, 0.15) is 29.1 Å². The lowest BCUT2D eigenvalue weighted by molar-refractivity contribution is 0.628. The standard InChI is InChI=1S/5C9H10FN3/c5*1-11-5-6-12-13-9-4-2-3-8(10)7-9/h5*2-7,13H,1H3/b5*11-5?,12-6+. The molecule has 0 radical (unpaired) electrons. The Hall–Kier alpha value is -8.55. The van der Waals surface area contributed by atoms with Gasteiger partial charge in [0.2, 0.25) is 0 Å². The summed E-state index contributed by atoms with van der Waals surface area (Å²) in [5.74, 6) is -1.44. The predicted octanol–water partition coefficient (Wildman–Crippen LogP) is 9.62. The highest BCUT2D eigenvalue weighted by atomic mass is 19.1. The first-order valence-corrected chi connectivity index (χ1v) is 18.9. The van der Waals surface area contributed by atoms with E-state index in [0.29, 0.717) is 28.4 Å². The Labute approximate surface area is 375 Å². The number of nitrogens with zero attached hydrogens (tertiary/aromatic N) is 10. The number of hydrazone groups is 5. The summed E-state index contributed by atoms with van der Waals surface area (Å²) in [5, 5.41) is 18.9. The molecule has 340 valence electrons. The van der Waals surface area contributed by atoms with Gasteiger partial charge in [0.15, 0.2) is 0 Å². The van der Waals surface area contributed by atoms with Crippen LogP contribution in [0.25, 0.3) is 0 Å². The summed E-state index contributed by atoms with van der Waals surface area (Å²) in [6, 6.07) is 30.4. The molecular weight excluding hydrogens is 846 g/mol. The van der Waals surface area contributed by atoms with Gasteiger partial charge in [0.25, 0.3) is 0 Å². The van der Waals surface area contributed by atoms with E-state index in [2.05, 4.69) is 77.6 Å². The maximum Gasteiger partial charge on any atom is 0.125 e. The Morgan fingerprint density at radius 2 is 0.446 bits per heavy atom. The summed E-state index contributed by atoms with van der Waals surface area (Å²) in [6.07, 6.45) is 15.1. The fraction of sp³-hybridized carbons (Fsp3) is 0.111. The second kappa shape index (κ2) is 37.2. The molecule has 15 nitrogen and oxygen atoms in total. The molecule has 0 saturated carbocycles. The van der Waals surface area contributed by atoms with Crippen LogP contribution in [0.3, 0.4) is 0 Å². The highest BCUT2D eigenvalue weighted by Gasteiger charge is 1.94. The Balaban J connectivity index is 0.000000406.